The van der Waals surface area contributed by atoms with Gasteiger partial charge in [-0.05, 0) is 50.2 Å². The zero-order chi connectivity index (χ0) is 19.2. The minimum atomic E-state index is -0.153. The summed E-state index contributed by atoms with van der Waals surface area (Å²) in [6.07, 6.45) is 0. The van der Waals surface area contributed by atoms with Crippen molar-refractivity contribution in [3.8, 4) is 5.75 Å². The van der Waals surface area contributed by atoms with E-state index in [1.165, 1.54) is 0 Å². The van der Waals surface area contributed by atoms with E-state index in [4.69, 9.17) is 16.3 Å². The third-order valence-electron chi connectivity index (χ3n) is 4.95. The number of anilines is 2. The summed E-state index contributed by atoms with van der Waals surface area (Å²) in [5, 5.41) is 3.70. The van der Waals surface area contributed by atoms with Crippen molar-refractivity contribution in [2.24, 2.45) is 0 Å². The first-order chi connectivity index (χ1) is 13.1. The van der Waals surface area contributed by atoms with Gasteiger partial charge in [-0.3, -0.25) is 4.79 Å². The fourth-order valence-electron chi connectivity index (χ4n) is 3.40. The van der Waals surface area contributed by atoms with Crippen LogP contribution in [0.4, 0.5) is 11.4 Å². The number of likely N-dealkylation sites (N-methyl/N-ethyl adjacent to an activating group) is 1. The second kappa shape index (κ2) is 9.11. The van der Waals surface area contributed by atoms with Crippen molar-refractivity contribution in [1.29, 1.82) is 0 Å². The molecule has 0 unspecified atom stereocenters. The number of para-hydroxylation sites is 1. The Kier molecular flexibility index (Phi) is 6.58. The number of piperazine rings is 1. The van der Waals surface area contributed by atoms with Gasteiger partial charge in [-0.25, -0.2) is 0 Å². The Labute approximate surface area is 165 Å². The summed E-state index contributed by atoms with van der Waals surface area (Å²) in [7, 11) is 0. The standard InChI is InChI=1S/C21H26ClN3O2/c1-3-24-12-14-25(15-13-24)20-18(22)6-5-7-19(20)23-21(26)16-8-10-17(11-9-16)27-4-2/h5-11H,3-4,12-15H2,1-2H3,(H,23,26)/p+1. The number of rotatable bonds is 6. The van der Waals surface area contributed by atoms with Crippen LogP contribution in [0.25, 0.3) is 0 Å². The maximum atomic E-state index is 12.7. The van der Waals surface area contributed by atoms with E-state index in [1.807, 2.05) is 37.3 Å². The molecule has 0 aromatic heterocycles. The van der Waals surface area contributed by atoms with Gasteiger partial charge >= 0.3 is 0 Å². The van der Waals surface area contributed by atoms with Crippen molar-refractivity contribution in [2.75, 3.05) is 49.5 Å². The van der Waals surface area contributed by atoms with Gasteiger partial charge in [0, 0.05) is 5.56 Å². The highest BCUT2D eigenvalue weighted by Gasteiger charge is 2.23. The monoisotopic (exact) mass is 388 g/mol. The normalized spacial score (nSPS) is 14.9. The number of ether oxygens (including phenoxy) is 1. The molecular weight excluding hydrogens is 362 g/mol. The van der Waals surface area contributed by atoms with Crippen LogP contribution in [0.2, 0.25) is 5.02 Å². The van der Waals surface area contributed by atoms with Crippen LogP contribution in [0.5, 0.6) is 5.75 Å². The van der Waals surface area contributed by atoms with Crippen LogP contribution in [-0.4, -0.2) is 45.2 Å². The molecule has 1 saturated heterocycles. The molecule has 3 rings (SSSR count). The third kappa shape index (κ3) is 4.73. The van der Waals surface area contributed by atoms with E-state index in [0.717, 1.165) is 49.8 Å². The summed E-state index contributed by atoms with van der Waals surface area (Å²) in [6.45, 7) is 9.90. The second-order valence-electron chi connectivity index (χ2n) is 6.64. The Hall–Kier alpha value is -2.24. The fraction of sp³-hybridized carbons (Fsp3) is 0.381. The van der Waals surface area contributed by atoms with Crippen LogP contribution in [0.15, 0.2) is 42.5 Å². The molecule has 2 N–H and O–H groups in total. The molecule has 5 nitrogen and oxygen atoms in total. The number of carbonyl (C=O) groups excluding carboxylic acids is 1. The summed E-state index contributed by atoms with van der Waals surface area (Å²) >= 11 is 6.50. The number of benzene rings is 2. The van der Waals surface area contributed by atoms with Crippen molar-refractivity contribution in [1.82, 2.24) is 0 Å². The molecule has 2 aromatic carbocycles. The fourth-order valence-corrected chi connectivity index (χ4v) is 3.70. The maximum absolute atomic E-state index is 12.7. The highest BCUT2D eigenvalue weighted by atomic mass is 35.5. The molecule has 1 aliphatic rings. The van der Waals surface area contributed by atoms with Gasteiger partial charge in [0.25, 0.3) is 5.91 Å². The number of carbonyl (C=O) groups is 1. The molecule has 0 atom stereocenters. The number of quaternary nitrogens is 1. The van der Waals surface area contributed by atoms with E-state index in [0.29, 0.717) is 17.2 Å². The summed E-state index contributed by atoms with van der Waals surface area (Å²) in [4.78, 5) is 16.6. The first-order valence-corrected chi connectivity index (χ1v) is 9.91. The lowest BCUT2D eigenvalue weighted by atomic mass is 10.1. The van der Waals surface area contributed by atoms with Crippen molar-refractivity contribution < 1.29 is 14.4 Å². The lowest BCUT2D eigenvalue weighted by Gasteiger charge is -2.34. The molecule has 1 fully saturated rings. The predicted octanol–water partition coefficient (Wildman–Crippen LogP) is 2.72. The average molecular weight is 389 g/mol. The molecule has 0 saturated carbocycles. The van der Waals surface area contributed by atoms with Crippen LogP contribution >= 0.6 is 11.6 Å². The van der Waals surface area contributed by atoms with Crippen LogP contribution in [0.3, 0.4) is 0 Å². The highest BCUT2D eigenvalue weighted by molar-refractivity contribution is 6.34. The van der Waals surface area contributed by atoms with Crippen molar-refractivity contribution in [3.63, 3.8) is 0 Å². The van der Waals surface area contributed by atoms with Gasteiger partial charge in [0.1, 0.15) is 5.75 Å². The largest absolute Gasteiger partial charge is 0.494 e. The van der Waals surface area contributed by atoms with Crippen molar-refractivity contribution in [2.45, 2.75) is 13.8 Å². The van der Waals surface area contributed by atoms with Gasteiger partial charge in [-0.15, -0.1) is 0 Å². The number of nitrogens with zero attached hydrogens (tertiary/aromatic N) is 1. The van der Waals surface area contributed by atoms with Gasteiger partial charge in [0.2, 0.25) is 0 Å². The smallest absolute Gasteiger partial charge is 0.255 e. The van der Waals surface area contributed by atoms with E-state index in [1.54, 1.807) is 17.0 Å². The number of amides is 1. The second-order valence-corrected chi connectivity index (χ2v) is 7.05. The lowest BCUT2D eigenvalue weighted by Crippen LogP contribution is -3.14. The van der Waals surface area contributed by atoms with Gasteiger partial charge in [-0.2, -0.15) is 0 Å². The highest BCUT2D eigenvalue weighted by Crippen LogP contribution is 2.34. The molecule has 1 aliphatic heterocycles. The van der Waals surface area contributed by atoms with Crippen LogP contribution in [0, 0.1) is 0 Å². The Bertz CT molecular complexity index is 771. The van der Waals surface area contributed by atoms with E-state index in [2.05, 4.69) is 17.1 Å². The van der Waals surface area contributed by atoms with Gasteiger partial charge in [0.05, 0.1) is 55.7 Å². The van der Waals surface area contributed by atoms with Crippen LogP contribution in [-0.2, 0) is 0 Å². The van der Waals surface area contributed by atoms with Gasteiger partial charge in [-0.1, -0.05) is 17.7 Å². The molecule has 0 aliphatic carbocycles. The Morgan fingerprint density at radius 2 is 1.85 bits per heavy atom. The van der Waals surface area contributed by atoms with Gasteiger partial charge in [0.15, 0.2) is 0 Å². The summed E-state index contributed by atoms with van der Waals surface area (Å²) in [5.41, 5.74) is 2.25. The molecule has 6 heteroatoms. The maximum Gasteiger partial charge on any atom is 0.255 e. The lowest BCUT2D eigenvalue weighted by molar-refractivity contribution is -0.898. The third-order valence-corrected chi connectivity index (χ3v) is 5.25. The average Bonchev–Trinajstić information content (AvgIpc) is 2.69. The van der Waals surface area contributed by atoms with Crippen molar-refractivity contribution >= 4 is 28.9 Å². The van der Waals surface area contributed by atoms with E-state index in [9.17, 15) is 4.79 Å². The number of hydrogen-bond donors (Lipinski definition) is 2. The molecule has 0 radical (unpaired) electrons. The summed E-state index contributed by atoms with van der Waals surface area (Å²) in [6, 6.07) is 12.8. The summed E-state index contributed by atoms with van der Waals surface area (Å²) < 4.78 is 5.43. The first-order valence-electron chi connectivity index (χ1n) is 9.53. The predicted molar refractivity (Wildman–Crippen MR) is 110 cm³/mol. The van der Waals surface area contributed by atoms with E-state index in [-0.39, 0.29) is 5.91 Å². The number of nitrogens with one attached hydrogen (secondary N) is 2. The summed E-state index contributed by atoms with van der Waals surface area (Å²) in [5.74, 6) is 0.605. The first kappa shape index (κ1) is 19.5. The quantitative estimate of drug-likeness (QED) is 0.799. The topological polar surface area (TPSA) is 46.0 Å². The SMILES string of the molecule is CCOc1ccc(C(=O)Nc2cccc(Cl)c2N2CC[NH+](CC)CC2)cc1. The minimum Gasteiger partial charge on any atom is -0.494 e. The molecular formula is C21H27ClN3O2+. The van der Waals surface area contributed by atoms with Crippen molar-refractivity contribution in [3.05, 3.63) is 53.1 Å². The molecule has 1 amide bonds. The molecule has 2 aromatic rings. The Morgan fingerprint density at radius 3 is 2.48 bits per heavy atom. The molecule has 0 bridgehead atoms. The Morgan fingerprint density at radius 1 is 1.15 bits per heavy atom. The van der Waals surface area contributed by atoms with Crippen LogP contribution < -0.4 is 19.9 Å². The molecule has 1 heterocycles. The van der Waals surface area contributed by atoms with Crippen LogP contribution in [0.1, 0.15) is 24.2 Å². The zero-order valence-electron chi connectivity index (χ0n) is 15.9. The molecule has 144 valence electrons. The zero-order valence-corrected chi connectivity index (χ0v) is 16.7. The van der Waals surface area contributed by atoms with Gasteiger partial charge < -0.3 is 19.9 Å². The molecule has 0 spiro atoms. The number of hydrogen-bond acceptors (Lipinski definition) is 3. The number of halogens is 1. The minimum absolute atomic E-state index is 0.153. The molecule has 27 heavy (non-hydrogen) atoms. The van der Waals surface area contributed by atoms with E-state index >= 15 is 0 Å². The Balaban J connectivity index is 1.76. The van der Waals surface area contributed by atoms with E-state index < -0.39 is 0 Å².